The lowest BCUT2D eigenvalue weighted by Crippen LogP contribution is -2.35. The van der Waals surface area contributed by atoms with Crippen molar-refractivity contribution in [2.24, 2.45) is 5.73 Å². The molecular formula is C28H26N6O4S. The standard InChI is InChI=1S/C28H26N6O4S/c1-17-15-39-25(31-17)22-14-36-16-34(22)26(35)21-11-19(23-30-8-9-37-23)10-20(12-21)24-32-33-27(38-24)28(2,29)13-18-6-4-3-5-7-18/h3-12,15,22H,13-14,16,29H2,1-2H3/t22-,28+/m1/s1. The fraction of sp³-hybridized carbons (Fsp3) is 0.250. The lowest BCUT2D eigenvalue weighted by Gasteiger charge is -2.21. The number of thiazole rings is 1. The zero-order valence-corrected chi connectivity index (χ0v) is 22.2. The van der Waals surface area contributed by atoms with Crippen molar-refractivity contribution in [3.63, 3.8) is 0 Å². The maximum atomic E-state index is 13.8. The van der Waals surface area contributed by atoms with Crippen molar-refractivity contribution in [1.29, 1.82) is 0 Å². The van der Waals surface area contributed by atoms with E-state index in [1.54, 1.807) is 29.3 Å². The van der Waals surface area contributed by atoms with Gasteiger partial charge in [-0.3, -0.25) is 4.79 Å². The summed E-state index contributed by atoms with van der Waals surface area (Å²) in [5.74, 6) is 0.681. The van der Waals surface area contributed by atoms with Crippen LogP contribution in [0, 0.1) is 6.92 Å². The van der Waals surface area contributed by atoms with E-state index < -0.39 is 5.54 Å². The molecule has 0 bridgehead atoms. The van der Waals surface area contributed by atoms with Gasteiger partial charge in [0.15, 0.2) is 0 Å². The fourth-order valence-corrected chi connectivity index (χ4v) is 5.46. The van der Waals surface area contributed by atoms with E-state index in [-0.39, 0.29) is 24.6 Å². The minimum atomic E-state index is -0.891. The second-order valence-electron chi connectivity index (χ2n) is 9.75. The zero-order chi connectivity index (χ0) is 27.0. The Morgan fingerprint density at radius 2 is 1.95 bits per heavy atom. The highest BCUT2D eigenvalue weighted by atomic mass is 32.1. The van der Waals surface area contributed by atoms with Crippen molar-refractivity contribution in [2.45, 2.75) is 31.8 Å². The summed E-state index contributed by atoms with van der Waals surface area (Å²) in [5, 5.41) is 11.3. The Morgan fingerprint density at radius 1 is 1.15 bits per heavy atom. The van der Waals surface area contributed by atoms with Crippen molar-refractivity contribution >= 4 is 17.2 Å². The van der Waals surface area contributed by atoms with E-state index in [9.17, 15) is 4.79 Å². The third-order valence-electron chi connectivity index (χ3n) is 6.50. The van der Waals surface area contributed by atoms with Crippen LogP contribution in [0.15, 0.2) is 75.2 Å². The summed E-state index contributed by atoms with van der Waals surface area (Å²) in [6.07, 6.45) is 3.54. The van der Waals surface area contributed by atoms with Crippen LogP contribution in [0.4, 0.5) is 0 Å². The Labute approximate surface area is 228 Å². The summed E-state index contributed by atoms with van der Waals surface area (Å²) in [6, 6.07) is 14.9. The number of rotatable bonds is 7. The molecule has 3 aromatic heterocycles. The second kappa shape index (κ2) is 10.2. The van der Waals surface area contributed by atoms with Crippen molar-refractivity contribution in [1.82, 2.24) is 25.1 Å². The number of nitrogens with zero attached hydrogens (tertiary/aromatic N) is 5. The number of amides is 1. The van der Waals surface area contributed by atoms with Crippen LogP contribution in [0.3, 0.4) is 0 Å². The molecule has 2 N–H and O–H groups in total. The van der Waals surface area contributed by atoms with Crippen LogP contribution in [-0.4, -0.2) is 44.3 Å². The van der Waals surface area contributed by atoms with Gasteiger partial charge in [0, 0.05) is 27.8 Å². The Bertz CT molecular complexity index is 1600. The molecule has 10 nitrogen and oxygen atoms in total. The number of aryl methyl sites for hydroxylation is 1. The number of oxazole rings is 1. The van der Waals surface area contributed by atoms with Gasteiger partial charge in [0.1, 0.15) is 24.0 Å². The van der Waals surface area contributed by atoms with Crippen molar-refractivity contribution in [3.8, 4) is 22.9 Å². The third kappa shape index (κ3) is 5.11. The molecule has 1 fully saturated rings. The molecule has 0 saturated carbocycles. The Morgan fingerprint density at radius 3 is 2.67 bits per heavy atom. The Kier molecular flexibility index (Phi) is 6.55. The molecule has 1 aliphatic heterocycles. The van der Waals surface area contributed by atoms with Crippen LogP contribution in [-0.2, 0) is 16.7 Å². The van der Waals surface area contributed by atoms with Crippen LogP contribution in [0.5, 0.6) is 0 Å². The van der Waals surface area contributed by atoms with Crippen LogP contribution >= 0.6 is 11.3 Å². The van der Waals surface area contributed by atoms with E-state index in [1.165, 1.54) is 17.6 Å². The summed E-state index contributed by atoms with van der Waals surface area (Å²) in [6.45, 7) is 4.33. The molecule has 0 spiro atoms. The van der Waals surface area contributed by atoms with Gasteiger partial charge in [0.05, 0.1) is 18.3 Å². The van der Waals surface area contributed by atoms with E-state index in [0.717, 1.165) is 16.3 Å². The molecule has 5 aromatic rings. The van der Waals surface area contributed by atoms with Gasteiger partial charge < -0.3 is 24.2 Å². The van der Waals surface area contributed by atoms with E-state index >= 15 is 0 Å². The molecule has 6 rings (SSSR count). The van der Waals surface area contributed by atoms with Gasteiger partial charge >= 0.3 is 0 Å². The first-order valence-corrected chi connectivity index (χ1v) is 13.3. The first-order valence-electron chi connectivity index (χ1n) is 12.4. The highest BCUT2D eigenvalue weighted by molar-refractivity contribution is 7.09. The predicted octanol–water partition coefficient (Wildman–Crippen LogP) is 4.74. The first kappa shape index (κ1) is 25.1. The molecule has 198 valence electrons. The van der Waals surface area contributed by atoms with Gasteiger partial charge in [0.25, 0.3) is 5.91 Å². The summed E-state index contributed by atoms with van der Waals surface area (Å²) >= 11 is 1.51. The van der Waals surface area contributed by atoms with Gasteiger partial charge in [0.2, 0.25) is 17.7 Å². The molecule has 39 heavy (non-hydrogen) atoms. The summed E-state index contributed by atoms with van der Waals surface area (Å²) in [4.78, 5) is 24.3. The first-order chi connectivity index (χ1) is 18.9. The largest absolute Gasteiger partial charge is 0.445 e. The summed E-state index contributed by atoms with van der Waals surface area (Å²) in [7, 11) is 0. The smallest absolute Gasteiger partial charge is 0.256 e. The average Bonchev–Trinajstić information content (AvgIpc) is 3.74. The Balaban J connectivity index is 1.35. The van der Waals surface area contributed by atoms with E-state index in [2.05, 4.69) is 20.2 Å². The van der Waals surface area contributed by atoms with Crippen LogP contribution < -0.4 is 5.73 Å². The monoisotopic (exact) mass is 542 g/mol. The molecule has 0 unspecified atom stereocenters. The molecule has 1 amide bonds. The van der Waals surface area contributed by atoms with E-state index in [1.807, 2.05) is 49.6 Å². The maximum absolute atomic E-state index is 13.8. The molecule has 1 aliphatic rings. The van der Waals surface area contributed by atoms with Crippen molar-refractivity contribution < 1.29 is 18.4 Å². The normalized spacial score (nSPS) is 16.9. The molecule has 4 heterocycles. The van der Waals surface area contributed by atoms with Crippen molar-refractivity contribution in [2.75, 3.05) is 13.3 Å². The Hall–Kier alpha value is -4.19. The average molecular weight is 543 g/mol. The number of hydrogen-bond donors (Lipinski definition) is 1. The topological polar surface area (TPSA) is 133 Å². The molecule has 2 aromatic carbocycles. The number of carbonyl (C=O) groups excluding carboxylic acids is 1. The van der Waals surface area contributed by atoms with Crippen LogP contribution in [0.1, 0.15) is 45.5 Å². The number of nitrogens with two attached hydrogens (primary N) is 1. The molecular weight excluding hydrogens is 516 g/mol. The SMILES string of the molecule is Cc1csc([C@H]2COCN2C(=O)c2cc(-c3ncco3)cc(-c3nnc([C@@](C)(N)Cc4ccccc4)o3)c2)n1. The lowest BCUT2D eigenvalue weighted by molar-refractivity contribution is 0.0659. The fourth-order valence-electron chi connectivity index (χ4n) is 4.57. The van der Waals surface area contributed by atoms with Crippen LogP contribution in [0.2, 0.25) is 0 Å². The minimum Gasteiger partial charge on any atom is -0.445 e. The van der Waals surface area contributed by atoms with Gasteiger partial charge in [-0.2, -0.15) is 0 Å². The van der Waals surface area contributed by atoms with Crippen LogP contribution in [0.25, 0.3) is 22.9 Å². The van der Waals surface area contributed by atoms with E-state index in [0.29, 0.717) is 41.5 Å². The summed E-state index contributed by atoms with van der Waals surface area (Å²) in [5.41, 5.74) is 9.23. The van der Waals surface area contributed by atoms with Gasteiger partial charge in [-0.1, -0.05) is 30.3 Å². The summed E-state index contributed by atoms with van der Waals surface area (Å²) < 4.78 is 17.3. The van der Waals surface area contributed by atoms with Gasteiger partial charge in [-0.05, 0) is 44.0 Å². The molecule has 11 heteroatoms. The number of benzene rings is 2. The van der Waals surface area contributed by atoms with Gasteiger partial charge in [-0.25, -0.2) is 9.97 Å². The predicted molar refractivity (Wildman–Crippen MR) is 143 cm³/mol. The highest BCUT2D eigenvalue weighted by Gasteiger charge is 2.34. The number of carbonyl (C=O) groups is 1. The quantitative estimate of drug-likeness (QED) is 0.309. The molecule has 0 radical (unpaired) electrons. The minimum absolute atomic E-state index is 0.163. The molecule has 2 atom stereocenters. The second-order valence-corrected chi connectivity index (χ2v) is 10.6. The molecule has 1 saturated heterocycles. The zero-order valence-electron chi connectivity index (χ0n) is 21.4. The van der Waals surface area contributed by atoms with E-state index in [4.69, 9.17) is 19.3 Å². The number of hydrogen-bond acceptors (Lipinski definition) is 10. The van der Waals surface area contributed by atoms with Gasteiger partial charge in [-0.15, -0.1) is 21.5 Å². The highest BCUT2D eigenvalue weighted by Crippen LogP contribution is 2.33. The molecule has 0 aliphatic carbocycles. The number of aromatic nitrogens is 4. The lowest BCUT2D eigenvalue weighted by atomic mass is 9.94. The van der Waals surface area contributed by atoms with Crippen molar-refractivity contribution in [3.05, 3.63) is 94.1 Å². The maximum Gasteiger partial charge on any atom is 0.256 e. The third-order valence-corrected chi connectivity index (χ3v) is 7.56. The number of ether oxygens (including phenoxy) is 1.